The molecule has 1 aromatic heterocycles. The van der Waals surface area contributed by atoms with Gasteiger partial charge in [0.25, 0.3) is 0 Å². The molecule has 2 heterocycles. The summed E-state index contributed by atoms with van der Waals surface area (Å²) in [6.45, 7) is 4.14. The average molecular weight is 250 g/mol. The molecule has 6 nitrogen and oxygen atoms in total. The van der Waals surface area contributed by atoms with Gasteiger partial charge in [-0.25, -0.2) is 0 Å². The summed E-state index contributed by atoms with van der Waals surface area (Å²) in [7, 11) is 1.85. The van der Waals surface area contributed by atoms with E-state index in [4.69, 9.17) is 0 Å². The highest BCUT2D eigenvalue weighted by atomic mass is 16.2. The summed E-state index contributed by atoms with van der Waals surface area (Å²) in [5.74, 6) is -0.142. The Morgan fingerprint density at radius 2 is 2.17 bits per heavy atom. The molecule has 2 rings (SSSR count). The molecule has 0 aliphatic carbocycles. The fourth-order valence-corrected chi connectivity index (χ4v) is 2.13. The third-order valence-electron chi connectivity index (χ3n) is 3.04. The van der Waals surface area contributed by atoms with E-state index in [1.165, 1.54) is 0 Å². The summed E-state index contributed by atoms with van der Waals surface area (Å²) in [4.78, 5) is 25.2. The Balaban J connectivity index is 2.00. The van der Waals surface area contributed by atoms with Crippen molar-refractivity contribution in [2.24, 2.45) is 7.05 Å². The lowest BCUT2D eigenvalue weighted by Gasteiger charge is -2.37. The maximum absolute atomic E-state index is 12.1. The summed E-state index contributed by atoms with van der Waals surface area (Å²) < 4.78 is 1.73. The van der Waals surface area contributed by atoms with Crippen molar-refractivity contribution in [1.82, 2.24) is 20.0 Å². The van der Waals surface area contributed by atoms with Gasteiger partial charge < -0.3 is 10.2 Å². The smallest absolute Gasteiger partial charge is 0.248 e. The number of hydrogen-bond acceptors (Lipinski definition) is 3. The molecule has 0 spiro atoms. The fraction of sp³-hybridized carbons (Fsp3) is 0.583. The van der Waals surface area contributed by atoms with Crippen LogP contribution in [-0.2, 0) is 23.1 Å². The quantitative estimate of drug-likeness (QED) is 0.801. The second-order valence-corrected chi connectivity index (χ2v) is 5.17. The third kappa shape index (κ3) is 2.52. The van der Waals surface area contributed by atoms with Crippen LogP contribution in [0.25, 0.3) is 0 Å². The van der Waals surface area contributed by atoms with E-state index in [9.17, 15) is 9.59 Å². The highest BCUT2D eigenvalue weighted by molar-refractivity contribution is 5.97. The standard InChI is InChI=1S/C12H18N4O2/c1-12(2)11(18)16(8-10(17)14-12)5-4-9-6-13-15(3)7-9/h6-7H,4-5,8H2,1-3H3,(H,14,17). The van der Waals surface area contributed by atoms with Crippen LogP contribution in [0, 0.1) is 0 Å². The van der Waals surface area contributed by atoms with Crippen LogP contribution in [0.5, 0.6) is 0 Å². The van der Waals surface area contributed by atoms with Crippen molar-refractivity contribution in [3.05, 3.63) is 18.0 Å². The highest BCUT2D eigenvalue weighted by Gasteiger charge is 2.38. The number of aromatic nitrogens is 2. The van der Waals surface area contributed by atoms with Crippen LogP contribution < -0.4 is 5.32 Å². The second kappa shape index (κ2) is 4.44. The van der Waals surface area contributed by atoms with Gasteiger partial charge in [-0.15, -0.1) is 0 Å². The first-order valence-electron chi connectivity index (χ1n) is 5.96. The lowest BCUT2D eigenvalue weighted by Crippen LogP contribution is -2.63. The van der Waals surface area contributed by atoms with Crippen molar-refractivity contribution < 1.29 is 9.59 Å². The SMILES string of the molecule is Cn1cc(CCN2CC(=O)NC(C)(C)C2=O)cn1. The van der Waals surface area contributed by atoms with Crippen LogP contribution >= 0.6 is 0 Å². The normalized spacial score (nSPS) is 18.9. The molecule has 1 saturated heterocycles. The van der Waals surface area contributed by atoms with Crippen LogP contribution in [0.1, 0.15) is 19.4 Å². The van der Waals surface area contributed by atoms with Gasteiger partial charge in [-0.2, -0.15) is 5.10 Å². The predicted molar refractivity (Wildman–Crippen MR) is 65.7 cm³/mol. The van der Waals surface area contributed by atoms with Crippen LogP contribution in [0.4, 0.5) is 0 Å². The molecule has 0 atom stereocenters. The number of nitrogens with one attached hydrogen (secondary N) is 1. The Kier molecular flexibility index (Phi) is 3.11. The van der Waals surface area contributed by atoms with Gasteiger partial charge in [-0.1, -0.05) is 0 Å². The molecular formula is C12H18N4O2. The van der Waals surface area contributed by atoms with E-state index >= 15 is 0 Å². The van der Waals surface area contributed by atoms with Gasteiger partial charge in [-0.3, -0.25) is 14.3 Å². The van der Waals surface area contributed by atoms with Gasteiger partial charge in [0.2, 0.25) is 11.8 Å². The molecule has 0 bridgehead atoms. The number of carbonyl (C=O) groups is 2. The van der Waals surface area contributed by atoms with Gasteiger partial charge in [0.1, 0.15) is 5.54 Å². The molecule has 2 amide bonds. The molecule has 1 aromatic rings. The molecule has 1 aliphatic heterocycles. The van der Waals surface area contributed by atoms with Crippen LogP contribution in [0.15, 0.2) is 12.4 Å². The molecule has 1 N–H and O–H groups in total. The maximum atomic E-state index is 12.1. The summed E-state index contributed by atoms with van der Waals surface area (Å²) >= 11 is 0. The Bertz CT molecular complexity index is 478. The number of rotatable bonds is 3. The molecule has 6 heteroatoms. The third-order valence-corrected chi connectivity index (χ3v) is 3.04. The Morgan fingerprint density at radius 1 is 1.44 bits per heavy atom. The van der Waals surface area contributed by atoms with Gasteiger partial charge in [0.15, 0.2) is 0 Å². The van der Waals surface area contributed by atoms with Crippen LogP contribution in [0.3, 0.4) is 0 Å². The van der Waals surface area contributed by atoms with Crippen molar-refractivity contribution in [2.75, 3.05) is 13.1 Å². The average Bonchev–Trinajstić information content (AvgIpc) is 2.67. The highest BCUT2D eigenvalue weighted by Crippen LogP contribution is 2.13. The second-order valence-electron chi connectivity index (χ2n) is 5.17. The van der Waals surface area contributed by atoms with E-state index in [1.807, 2.05) is 13.2 Å². The summed E-state index contributed by atoms with van der Waals surface area (Å²) in [5, 5.41) is 6.77. The van der Waals surface area contributed by atoms with Crippen molar-refractivity contribution in [1.29, 1.82) is 0 Å². The van der Waals surface area contributed by atoms with Crippen molar-refractivity contribution >= 4 is 11.8 Å². The number of carbonyl (C=O) groups excluding carboxylic acids is 2. The maximum Gasteiger partial charge on any atom is 0.248 e. The Labute approximate surface area is 106 Å². The van der Waals surface area contributed by atoms with E-state index < -0.39 is 5.54 Å². The Morgan fingerprint density at radius 3 is 2.78 bits per heavy atom. The molecule has 0 radical (unpaired) electrons. The number of nitrogens with zero attached hydrogens (tertiary/aromatic N) is 3. The van der Waals surface area contributed by atoms with Gasteiger partial charge in [-0.05, 0) is 25.8 Å². The molecule has 0 unspecified atom stereocenters. The van der Waals surface area contributed by atoms with Crippen LogP contribution in [0.2, 0.25) is 0 Å². The van der Waals surface area contributed by atoms with Crippen molar-refractivity contribution in [2.45, 2.75) is 25.8 Å². The minimum absolute atomic E-state index is 0.0361. The summed E-state index contributed by atoms with van der Waals surface area (Å²) in [6, 6.07) is 0. The molecule has 18 heavy (non-hydrogen) atoms. The van der Waals surface area contributed by atoms with Crippen LogP contribution in [-0.4, -0.2) is 45.1 Å². The molecule has 0 aromatic carbocycles. The molecule has 0 saturated carbocycles. The zero-order chi connectivity index (χ0) is 13.3. The fourth-order valence-electron chi connectivity index (χ4n) is 2.13. The minimum Gasteiger partial charge on any atom is -0.341 e. The van der Waals surface area contributed by atoms with Crippen molar-refractivity contribution in [3.63, 3.8) is 0 Å². The Hall–Kier alpha value is -1.85. The van der Waals surface area contributed by atoms with E-state index in [-0.39, 0.29) is 18.4 Å². The summed E-state index contributed by atoms with van der Waals surface area (Å²) in [5.41, 5.74) is 0.263. The van der Waals surface area contributed by atoms with Crippen molar-refractivity contribution in [3.8, 4) is 0 Å². The minimum atomic E-state index is -0.801. The zero-order valence-corrected chi connectivity index (χ0v) is 10.9. The van der Waals surface area contributed by atoms with Gasteiger partial charge in [0.05, 0.1) is 12.7 Å². The molecule has 98 valence electrons. The monoisotopic (exact) mass is 250 g/mol. The molecule has 1 fully saturated rings. The largest absolute Gasteiger partial charge is 0.341 e. The number of piperazine rings is 1. The first kappa shape index (κ1) is 12.6. The van der Waals surface area contributed by atoms with E-state index in [0.717, 1.165) is 5.56 Å². The first-order chi connectivity index (χ1) is 8.38. The number of aryl methyl sites for hydroxylation is 1. The lowest BCUT2D eigenvalue weighted by atomic mass is 10.00. The molecular weight excluding hydrogens is 232 g/mol. The van der Waals surface area contributed by atoms with E-state index in [1.54, 1.807) is 29.6 Å². The zero-order valence-electron chi connectivity index (χ0n) is 10.9. The predicted octanol–water partition coefficient (Wildman–Crippen LogP) is -0.300. The van der Waals surface area contributed by atoms with Gasteiger partial charge >= 0.3 is 0 Å². The summed E-state index contributed by atoms with van der Waals surface area (Å²) in [6.07, 6.45) is 4.40. The van der Waals surface area contributed by atoms with E-state index in [2.05, 4.69) is 10.4 Å². The first-order valence-corrected chi connectivity index (χ1v) is 5.96. The number of hydrogen-bond donors (Lipinski definition) is 1. The number of amides is 2. The lowest BCUT2D eigenvalue weighted by molar-refractivity contribution is -0.148. The van der Waals surface area contributed by atoms with E-state index in [0.29, 0.717) is 13.0 Å². The topological polar surface area (TPSA) is 67.2 Å². The molecule has 1 aliphatic rings. The van der Waals surface area contributed by atoms with Gasteiger partial charge in [0, 0.05) is 19.8 Å².